The van der Waals surface area contributed by atoms with Gasteiger partial charge in [0.25, 0.3) is 0 Å². The van der Waals surface area contributed by atoms with Crippen molar-refractivity contribution in [1.29, 1.82) is 0 Å². The molecular formula is C12H17N3O2S. The summed E-state index contributed by atoms with van der Waals surface area (Å²) in [5.74, 6) is 0.0783. The third kappa shape index (κ3) is 3.54. The minimum Gasteiger partial charge on any atom is -0.352 e. The molecule has 0 saturated carbocycles. The first-order valence-electron chi connectivity index (χ1n) is 5.99. The summed E-state index contributed by atoms with van der Waals surface area (Å²) in [6, 6.07) is 2.14. The molecule has 2 rings (SSSR count). The molecule has 1 atom stereocenters. The van der Waals surface area contributed by atoms with Gasteiger partial charge in [0.05, 0.1) is 5.69 Å². The van der Waals surface area contributed by atoms with Gasteiger partial charge in [-0.3, -0.25) is 9.59 Å². The molecule has 0 bridgehead atoms. The fourth-order valence-corrected chi connectivity index (χ4v) is 2.77. The topological polar surface area (TPSA) is 70.2 Å². The minimum atomic E-state index is -0.0577. The maximum Gasteiger partial charge on any atom is 0.221 e. The molecule has 1 aromatic heterocycles. The molecule has 2 heterocycles. The summed E-state index contributed by atoms with van der Waals surface area (Å²) in [7, 11) is 0. The van der Waals surface area contributed by atoms with Crippen molar-refractivity contribution in [3.8, 4) is 0 Å². The van der Waals surface area contributed by atoms with E-state index < -0.39 is 0 Å². The Hall–Kier alpha value is -1.40. The molecule has 0 aromatic carbocycles. The van der Waals surface area contributed by atoms with Gasteiger partial charge in [-0.15, -0.1) is 11.3 Å². The van der Waals surface area contributed by atoms with Gasteiger partial charge in [0.15, 0.2) is 0 Å². The lowest BCUT2D eigenvalue weighted by Crippen LogP contribution is -2.35. The standard InChI is InChI=1S/C12H17N3O2S/c1-8(16)14-10-4-5-18-11(10)7-13-6-9-2-3-12(17)15-9/h4-5,9,13H,2-3,6-7H2,1H3,(H,14,16)(H,15,17). The number of rotatable bonds is 5. The van der Waals surface area contributed by atoms with Crippen molar-refractivity contribution in [2.75, 3.05) is 11.9 Å². The summed E-state index contributed by atoms with van der Waals surface area (Å²) in [6.45, 7) is 2.98. The molecule has 1 aromatic rings. The Bertz CT molecular complexity index is 444. The van der Waals surface area contributed by atoms with Crippen LogP contribution in [0, 0.1) is 0 Å². The van der Waals surface area contributed by atoms with Crippen molar-refractivity contribution < 1.29 is 9.59 Å². The molecule has 1 saturated heterocycles. The molecule has 1 aliphatic rings. The lowest BCUT2D eigenvalue weighted by atomic mass is 10.2. The van der Waals surface area contributed by atoms with Gasteiger partial charge >= 0.3 is 0 Å². The zero-order valence-electron chi connectivity index (χ0n) is 10.3. The smallest absolute Gasteiger partial charge is 0.221 e. The molecule has 3 N–H and O–H groups in total. The Kier molecular flexibility index (Phi) is 4.33. The fraction of sp³-hybridized carbons (Fsp3) is 0.500. The average molecular weight is 267 g/mol. The van der Waals surface area contributed by atoms with Crippen molar-refractivity contribution in [1.82, 2.24) is 10.6 Å². The number of thiophene rings is 1. The number of anilines is 1. The van der Waals surface area contributed by atoms with Crippen LogP contribution in [-0.2, 0) is 16.1 Å². The molecular weight excluding hydrogens is 250 g/mol. The quantitative estimate of drug-likeness (QED) is 0.747. The van der Waals surface area contributed by atoms with Crippen LogP contribution in [-0.4, -0.2) is 24.4 Å². The van der Waals surface area contributed by atoms with E-state index in [1.54, 1.807) is 11.3 Å². The summed E-state index contributed by atoms with van der Waals surface area (Å²) in [5.41, 5.74) is 0.871. The third-order valence-electron chi connectivity index (χ3n) is 2.82. The Morgan fingerprint density at radius 1 is 1.61 bits per heavy atom. The Morgan fingerprint density at radius 2 is 2.44 bits per heavy atom. The van der Waals surface area contributed by atoms with E-state index in [2.05, 4.69) is 16.0 Å². The normalized spacial score (nSPS) is 18.7. The van der Waals surface area contributed by atoms with Crippen LogP contribution >= 0.6 is 11.3 Å². The van der Waals surface area contributed by atoms with Crippen molar-refractivity contribution >= 4 is 28.8 Å². The van der Waals surface area contributed by atoms with Crippen LogP contribution in [0.3, 0.4) is 0 Å². The summed E-state index contributed by atoms with van der Waals surface area (Å²) < 4.78 is 0. The van der Waals surface area contributed by atoms with E-state index >= 15 is 0 Å². The van der Waals surface area contributed by atoms with E-state index in [0.29, 0.717) is 13.0 Å². The first-order valence-corrected chi connectivity index (χ1v) is 6.87. The highest BCUT2D eigenvalue weighted by Crippen LogP contribution is 2.22. The Labute approximate surface area is 110 Å². The molecule has 1 fully saturated rings. The van der Waals surface area contributed by atoms with Gasteiger partial charge in [0.1, 0.15) is 0 Å². The Balaban J connectivity index is 1.78. The first kappa shape index (κ1) is 13.0. The van der Waals surface area contributed by atoms with Crippen LogP contribution < -0.4 is 16.0 Å². The molecule has 18 heavy (non-hydrogen) atoms. The van der Waals surface area contributed by atoms with Crippen LogP contribution in [0.15, 0.2) is 11.4 Å². The lowest BCUT2D eigenvalue weighted by Gasteiger charge is -2.11. The van der Waals surface area contributed by atoms with Gasteiger partial charge < -0.3 is 16.0 Å². The first-order chi connectivity index (χ1) is 8.65. The molecule has 1 aliphatic heterocycles. The van der Waals surface area contributed by atoms with E-state index in [1.807, 2.05) is 11.4 Å². The molecule has 6 heteroatoms. The second-order valence-electron chi connectivity index (χ2n) is 4.37. The number of hydrogen-bond acceptors (Lipinski definition) is 4. The van der Waals surface area contributed by atoms with Crippen LogP contribution in [0.4, 0.5) is 5.69 Å². The van der Waals surface area contributed by atoms with Crippen LogP contribution in [0.1, 0.15) is 24.6 Å². The average Bonchev–Trinajstić information content (AvgIpc) is 2.88. The molecule has 0 aliphatic carbocycles. The summed E-state index contributed by atoms with van der Waals surface area (Å²) in [4.78, 5) is 23.2. The predicted molar refractivity (Wildman–Crippen MR) is 71.5 cm³/mol. The van der Waals surface area contributed by atoms with E-state index in [9.17, 15) is 9.59 Å². The summed E-state index contributed by atoms with van der Waals surface area (Å²) in [6.07, 6.45) is 1.53. The SMILES string of the molecule is CC(=O)Nc1ccsc1CNCC1CCC(=O)N1. The molecule has 0 spiro atoms. The largest absolute Gasteiger partial charge is 0.352 e. The maximum atomic E-state index is 11.0. The molecule has 98 valence electrons. The van der Waals surface area contributed by atoms with Crippen LogP contribution in [0.25, 0.3) is 0 Å². The van der Waals surface area contributed by atoms with E-state index in [1.165, 1.54) is 6.92 Å². The second-order valence-corrected chi connectivity index (χ2v) is 5.37. The summed E-state index contributed by atoms with van der Waals surface area (Å²) in [5, 5.41) is 11.0. The second kappa shape index (κ2) is 5.97. The Morgan fingerprint density at radius 3 is 3.11 bits per heavy atom. The van der Waals surface area contributed by atoms with E-state index in [0.717, 1.165) is 23.5 Å². The maximum absolute atomic E-state index is 11.0. The van der Waals surface area contributed by atoms with Crippen LogP contribution in [0.5, 0.6) is 0 Å². The number of nitrogens with one attached hydrogen (secondary N) is 3. The number of hydrogen-bond donors (Lipinski definition) is 3. The highest BCUT2D eigenvalue weighted by molar-refractivity contribution is 7.10. The van der Waals surface area contributed by atoms with Gasteiger partial charge in [-0.2, -0.15) is 0 Å². The summed E-state index contributed by atoms with van der Waals surface area (Å²) >= 11 is 1.61. The fourth-order valence-electron chi connectivity index (χ4n) is 1.97. The monoisotopic (exact) mass is 267 g/mol. The number of amides is 2. The van der Waals surface area contributed by atoms with Gasteiger partial charge in [0, 0.05) is 37.4 Å². The lowest BCUT2D eigenvalue weighted by molar-refractivity contribution is -0.119. The molecule has 5 nitrogen and oxygen atoms in total. The zero-order chi connectivity index (χ0) is 13.0. The van der Waals surface area contributed by atoms with Crippen molar-refractivity contribution in [3.63, 3.8) is 0 Å². The van der Waals surface area contributed by atoms with Gasteiger partial charge in [-0.1, -0.05) is 0 Å². The van der Waals surface area contributed by atoms with Gasteiger partial charge in [0.2, 0.25) is 11.8 Å². The van der Waals surface area contributed by atoms with E-state index in [-0.39, 0.29) is 17.9 Å². The van der Waals surface area contributed by atoms with Gasteiger partial charge in [-0.25, -0.2) is 0 Å². The molecule has 2 amide bonds. The van der Waals surface area contributed by atoms with Gasteiger partial charge in [-0.05, 0) is 17.9 Å². The van der Waals surface area contributed by atoms with Crippen molar-refractivity contribution in [2.24, 2.45) is 0 Å². The molecule has 1 unspecified atom stereocenters. The highest BCUT2D eigenvalue weighted by atomic mass is 32.1. The molecule has 0 radical (unpaired) electrons. The van der Waals surface area contributed by atoms with E-state index in [4.69, 9.17) is 0 Å². The highest BCUT2D eigenvalue weighted by Gasteiger charge is 2.19. The number of carbonyl (C=O) groups is 2. The predicted octanol–water partition coefficient (Wildman–Crippen LogP) is 1.07. The third-order valence-corrected chi connectivity index (χ3v) is 3.74. The van der Waals surface area contributed by atoms with Crippen molar-refractivity contribution in [3.05, 3.63) is 16.3 Å². The zero-order valence-corrected chi connectivity index (χ0v) is 11.1. The minimum absolute atomic E-state index is 0.0577. The van der Waals surface area contributed by atoms with Crippen molar-refractivity contribution in [2.45, 2.75) is 32.4 Å². The van der Waals surface area contributed by atoms with Crippen LogP contribution in [0.2, 0.25) is 0 Å². The number of carbonyl (C=O) groups excluding carboxylic acids is 2.